The van der Waals surface area contributed by atoms with Crippen LogP contribution in [-0.2, 0) is 16.3 Å². The average molecular weight is 359 g/mol. The first-order chi connectivity index (χ1) is 11.7. The highest BCUT2D eigenvalue weighted by Crippen LogP contribution is 2.19. The third-order valence-corrected chi connectivity index (χ3v) is 5.16. The Balaban J connectivity index is 2.16. The molecule has 1 unspecified atom stereocenters. The summed E-state index contributed by atoms with van der Waals surface area (Å²) in [5, 5.41) is 2.88. The van der Waals surface area contributed by atoms with Crippen LogP contribution in [0.25, 0.3) is 0 Å². The Morgan fingerprint density at radius 1 is 1.00 bits per heavy atom. The van der Waals surface area contributed by atoms with E-state index in [-0.39, 0.29) is 22.4 Å². The van der Waals surface area contributed by atoms with Crippen LogP contribution in [0.1, 0.15) is 48.3 Å². The maximum Gasteiger partial charge on any atom is 0.253 e. The van der Waals surface area contributed by atoms with Gasteiger partial charge in [0, 0.05) is 6.26 Å². The molecule has 0 aliphatic carbocycles. The molecule has 1 amide bonds. The lowest BCUT2D eigenvalue weighted by Crippen LogP contribution is -2.28. The smallest absolute Gasteiger partial charge is 0.253 e. The summed E-state index contributed by atoms with van der Waals surface area (Å²) in [6, 6.07) is 14.2. The molecule has 0 spiro atoms. The lowest BCUT2D eigenvalue weighted by Gasteiger charge is -2.16. The maximum atomic E-state index is 12.5. The van der Waals surface area contributed by atoms with Crippen molar-refractivity contribution in [3.63, 3.8) is 0 Å². The highest BCUT2D eigenvalue weighted by atomic mass is 32.2. The molecule has 2 aromatic carbocycles. The van der Waals surface area contributed by atoms with Crippen LogP contribution in [0, 0.1) is 5.92 Å². The summed E-state index contributed by atoms with van der Waals surface area (Å²) in [7, 11) is -3.46. The van der Waals surface area contributed by atoms with Gasteiger partial charge in [0.1, 0.15) is 0 Å². The summed E-state index contributed by atoms with van der Waals surface area (Å²) in [4.78, 5) is 12.6. The van der Waals surface area contributed by atoms with Crippen molar-refractivity contribution in [2.24, 2.45) is 5.92 Å². The summed E-state index contributed by atoms with van der Waals surface area (Å²) >= 11 is 0. The minimum Gasteiger partial charge on any atom is -0.345 e. The first-order valence-corrected chi connectivity index (χ1v) is 10.3. The highest BCUT2D eigenvalue weighted by molar-refractivity contribution is 7.90. The molecule has 0 aliphatic rings. The molecule has 0 radical (unpaired) electrons. The quantitative estimate of drug-likeness (QED) is 0.854. The van der Waals surface area contributed by atoms with E-state index in [4.69, 9.17) is 0 Å². The predicted octanol–water partition coefficient (Wildman–Crippen LogP) is 3.78. The van der Waals surface area contributed by atoms with Gasteiger partial charge in [0.15, 0.2) is 9.84 Å². The second-order valence-electron chi connectivity index (χ2n) is 6.80. The largest absolute Gasteiger partial charge is 0.345 e. The third kappa shape index (κ3) is 5.16. The first-order valence-electron chi connectivity index (χ1n) is 8.37. The van der Waals surface area contributed by atoms with Crippen LogP contribution < -0.4 is 5.32 Å². The summed E-state index contributed by atoms with van der Waals surface area (Å²) in [5.41, 5.74) is 2.42. The van der Waals surface area contributed by atoms with Gasteiger partial charge in [-0.05, 0) is 42.5 Å². The molecule has 134 valence electrons. The van der Waals surface area contributed by atoms with E-state index < -0.39 is 9.84 Å². The van der Waals surface area contributed by atoms with E-state index in [0.717, 1.165) is 18.2 Å². The van der Waals surface area contributed by atoms with Crippen LogP contribution in [0.5, 0.6) is 0 Å². The number of carbonyl (C=O) groups excluding carboxylic acids is 1. The Kier molecular flexibility index (Phi) is 6.01. The average Bonchev–Trinajstić information content (AvgIpc) is 2.54. The zero-order valence-corrected chi connectivity index (χ0v) is 15.9. The Hall–Kier alpha value is -2.14. The molecular weight excluding hydrogens is 334 g/mol. The molecule has 0 fully saturated rings. The molecule has 1 atom stereocenters. The number of benzene rings is 2. The normalized spacial score (nSPS) is 12.8. The molecule has 25 heavy (non-hydrogen) atoms. The van der Waals surface area contributed by atoms with E-state index in [0.29, 0.717) is 5.92 Å². The molecule has 2 aromatic rings. The number of nitrogens with one attached hydrogen (secondary N) is 1. The van der Waals surface area contributed by atoms with Crippen LogP contribution in [0.15, 0.2) is 53.4 Å². The fourth-order valence-electron chi connectivity index (χ4n) is 2.75. The van der Waals surface area contributed by atoms with Crippen molar-refractivity contribution in [2.75, 3.05) is 6.26 Å². The Bertz CT molecular complexity index is 839. The SMILES string of the molecule is CC(C)Cc1ccc(C(C)NC(=O)c2ccccc2S(C)(=O)=O)cc1. The summed E-state index contributed by atoms with van der Waals surface area (Å²) < 4.78 is 23.7. The molecule has 0 saturated heterocycles. The molecule has 0 aliphatic heterocycles. The van der Waals surface area contributed by atoms with Crippen LogP contribution in [0.2, 0.25) is 0 Å². The Morgan fingerprint density at radius 2 is 1.60 bits per heavy atom. The number of sulfone groups is 1. The van der Waals surface area contributed by atoms with Gasteiger partial charge in [0.25, 0.3) is 5.91 Å². The van der Waals surface area contributed by atoms with Crippen molar-refractivity contribution in [1.82, 2.24) is 5.32 Å². The first kappa shape index (κ1) is 19.2. The van der Waals surface area contributed by atoms with Crippen LogP contribution in [0.3, 0.4) is 0 Å². The van der Waals surface area contributed by atoms with Gasteiger partial charge in [0.05, 0.1) is 16.5 Å². The highest BCUT2D eigenvalue weighted by Gasteiger charge is 2.19. The van der Waals surface area contributed by atoms with Crippen molar-refractivity contribution in [3.8, 4) is 0 Å². The molecule has 0 aromatic heterocycles. The second-order valence-corrected chi connectivity index (χ2v) is 8.79. The van der Waals surface area contributed by atoms with Crippen LogP contribution in [0.4, 0.5) is 0 Å². The summed E-state index contributed by atoms with van der Waals surface area (Å²) in [6.45, 7) is 6.24. The number of hydrogen-bond donors (Lipinski definition) is 1. The van der Waals surface area contributed by atoms with E-state index in [9.17, 15) is 13.2 Å². The minimum atomic E-state index is -3.46. The molecule has 0 saturated carbocycles. The predicted molar refractivity (Wildman–Crippen MR) is 100 cm³/mol. The van der Waals surface area contributed by atoms with Crippen molar-refractivity contribution in [1.29, 1.82) is 0 Å². The van der Waals surface area contributed by atoms with Gasteiger partial charge >= 0.3 is 0 Å². The zero-order valence-electron chi connectivity index (χ0n) is 15.1. The van der Waals surface area contributed by atoms with Gasteiger partial charge in [-0.2, -0.15) is 0 Å². The molecule has 5 heteroatoms. The molecule has 4 nitrogen and oxygen atoms in total. The molecular formula is C20H25NO3S. The number of rotatable bonds is 6. The van der Waals surface area contributed by atoms with Gasteiger partial charge in [-0.3, -0.25) is 4.79 Å². The van der Waals surface area contributed by atoms with E-state index >= 15 is 0 Å². The van der Waals surface area contributed by atoms with Gasteiger partial charge < -0.3 is 5.32 Å². The van der Waals surface area contributed by atoms with Crippen molar-refractivity contribution in [3.05, 3.63) is 65.2 Å². The van der Waals surface area contributed by atoms with Crippen molar-refractivity contribution in [2.45, 2.75) is 38.1 Å². The van der Waals surface area contributed by atoms with Gasteiger partial charge in [-0.15, -0.1) is 0 Å². The Labute approximate surface area is 150 Å². The van der Waals surface area contributed by atoms with E-state index in [1.807, 2.05) is 19.1 Å². The number of carbonyl (C=O) groups is 1. The number of hydrogen-bond acceptors (Lipinski definition) is 3. The summed E-state index contributed by atoms with van der Waals surface area (Å²) in [5.74, 6) is 0.204. The van der Waals surface area contributed by atoms with E-state index in [2.05, 4.69) is 31.3 Å². The fraction of sp³-hybridized carbons (Fsp3) is 0.350. The van der Waals surface area contributed by atoms with Crippen LogP contribution in [-0.4, -0.2) is 20.6 Å². The fourth-order valence-corrected chi connectivity index (χ4v) is 3.64. The minimum absolute atomic E-state index is 0.0481. The molecule has 1 N–H and O–H groups in total. The molecule has 0 bridgehead atoms. The van der Waals surface area contributed by atoms with Gasteiger partial charge in [0.2, 0.25) is 0 Å². The Morgan fingerprint density at radius 3 is 2.16 bits per heavy atom. The lowest BCUT2D eigenvalue weighted by atomic mass is 10.00. The maximum absolute atomic E-state index is 12.5. The topological polar surface area (TPSA) is 63.2 Å². The second kappa shape index (κ2) is 7.83. The van der Waals surface area contributed by atoms with Gasteiger partial charge in [-0.25, -0.2) is 8.42 Å². The lowest BCUT2D eigenvalue weighted by molar-refractivity contribution is 0.0936. The van der Waals surface area contributed by atoms with E-state index in [1.54, 1.807) is 12.1 Å². The molecule has 2 rings (SSSR count). The monoisotopic (exact) mass is 359 g/mol. The van der Waals surface area contributed by atoms with Crippen LogP contribution >= 0.6 is 0 Å². The van der Waals surface area contributed by atoms with Crippen molar-refractivity contribution < 1.29 is 13.2 Å². The van der Waals surface area contributed by atoms with Gasteiger partial charge in [-0.1, -0.05) is 50.2 Å². The molecule has 0 heterocycles. The summed E-state index contributed by atoms with van der Waals surface area (Å²) in [6.07, 6.45) is 2.12. The van der Waals surface area contributed by atoms with Crippen molar-refractivity contribution >= 4 is 15.7 Å². The third-order valence-electron chi connectivity index (χ3n) is 4.00. The van der Waals surface area contributed by atoms with E-state index in [1.165, 1.54) is 17.7 Å². The standard InChI is InChI=1S/C20H25NO3S/c1-14(2)13-16-9-11-17(12-10-16)15(3)21-20(22)18-7-5-6-8-19(18)25(4,23)24/h5-12,14-15H,13H2,1-4H3,(H,21,22). The number of amides is 1. The zero-order chi connectivity index (χ0) is 18.6.